The normalized spacial score (nSPS) is 26.6. The fourth-order valence-electron chi connectivity index (χ4n) is 3.09. The van der Waals surface area contributed by atoms with Crippen LogP contribution in [-0.2, 0) is 18.9 Å². The molecule has 2 aromatic rings. The SMILES string of the molecule is COc1ccc([C@H]2OC[C@H]3OC=C[C@@H](OC(=O)c4ccccc4)[C@@H]3O2)cc1. The van der Waals surface area contributed by atoms with E-state index in [-0.39, 0.29) is 6.10 Å². The number of rotatable bonds is 4. The molecule has 27 heavy (non-hydrogen) atoms. The number of hydrogen-bond donors (Lipinski definition) is 0. The quantitative estimate of drug-likeness (QED) is 0.772. The lowest BCUT2D eigenvalue weighted by Crippen LogP contribution is -2.50. The van der Waals surface area contributed by atoms with Crippen LogP contribution >= 0.6 is 0 Å². The van der Waals surface area contributed by atoms with E-state index in [1.807, 2.05) is 30.3 Å². The van der Waals surface area contributed by atoms with E-state index in [0.717, 1.165) is 11.3 Å². The summed E-state index contributed by atoms with van der Waals surface area (Å²) < 4.78 is 28.3. The summed E-state index contributed by atoms with van der Waals surface area (Å²) in [7, 11) is 1.62. The van der Waals surface area contributed by atoms with Gasteiger partial charge in [0.2, 0.25) is 0 Å². The van der Waals surface area contributed by atoms with E-state index in [9.17, 15) is 4.79 Å². The van der Waals surface area contributed by atoms with Crippen LogP contribution in [0.4, 0.5) is 0 Å². The lowest BCUT2D eigenvalue weighted by molar-refractivity contribution is -0.276. The Hall–Kier alpha value is -2.83. The Morgan fingerprint density at radius 3 is 2.59 bits per heavy atom. The highest BCUT2D eigenvalue weighted by atomic mass is 16.7. The molecular formula is C21H20O6. The Balaban J connectivity index is 1.48. The average Bonchev–Trinajstić information content (AvgIpc) is 2.74. The molecule has 6 heteroatoms. The number of methoxy groups -OCH3 is 1. The highest BCUT2D eigenvalue weighted by Crippen LogP contribution is 2.33. The second-order valence-electron chi connectivity index (χ2n) is 6.28. The summed E-state index contributed by atoms with van der Waals surface area (Å²) in [5, 5.41) is 0. The van der Waals surface area contributed by atoms with Crippen molar-refractivity contribution in [3.8, 4) is 5.75 Å². The van der Waals surface area contributed by atoms with Crippen molar-refractivity contribution >= 4 is 5.97 Å². The lowest BCUT2D eigenvalue weighted by Gasteiger charge is -2.40. The van der Waals surface area contributed by atoms with E-state index in [4.69, 9.17) is 23.7 Å². The standard InChI is InChI=1S/C21H20O6/c1-23-16-9-7-15(8-10-16)21-25-13-18-19(27-21)17(11-12-24-18)26-20(22)14-5-3-2-4-6-14/h2-12,17-19,21H,13H2,1H3/t17-,18-,19+,21+/m1/s1. The van der Waals surface area contributed by atoms with Crippen molar-refractivity contribution in [3.05, 3.63) is 78.1 Å². The zero-order chi connectivity index (χ0) is 18.6. The van der Waals surface area contributed by atoms with Crippen LogP contribution in [0.3, 0.4) is 0 Å². The fraction of sp³-hybridized carbons (Fsp3) is 0.286. The van der Waals surface area contributed by atoms with Crippen LogP contribution < -0.4 is 4.74 Å². The topological polar surface area (TPSA) is 63.2 Å². The predicted molar refractivity (Wildman–Crippen MR) is 96.2 cm³/mol. The molecule has 0 aliphatic carbocycles. The summed E-state index contributed by atoms with van der Waals surface area (Å²) in [5.41, 5.74) is 1.35. The first-order valence-corrected chi connectivity index (χ1v) is 8.74. The summed E-state index contributed by atoms with van der Waals surface area (Å²) in [6.07, 6.45) is 1.32. The van der Waals surface area contributed by atoms with Crippen LogP contribution in [0, 0.1) is 0 Å². The second-order valence-corrected chi connectivity index (χ2v) is 6.28. The molecule has 0 N–H and O–H groups in total. The van der Waals surface area contributed by atoms with Crippen molar-refractivity contribution in [1.29, 1.82) is 0 Å². The van der Waals surface area contributed by atoms with Gasteiger partial charge in [-0.25, -0.2) is 4.79 Å². The average molecular weight is 368 g/mol. The molecule has 0 amide bonds. The molecule has 0 aromatic heterocycles. The summed E-state index contributed by atoms with van der Waals surface area (Å²) in [6, 6.07) is 16.3. The molecule has 2 aliphatic heterocycles. The van der Waals surface area contributed by atoms with Gasteiger partial charge in [0.1, 0.15) is 11.9 Å². The van der Waals surface area contributed by atoms with E-state index < -0.39 is 24.5 Å². The highest BCUT2D eigenvalue weighted by molar-refractivity contribution is 5.89. The van der Waals surface area contributed by atoms with Gasteiger partial charge in [0.15, 0.2) is 18.5 Å². The molecule has 0 saturated carbocycles. The van der Waals surface area contributed by atoms with Gasteiger partial charge in [-0.3, -0.25) is 0 Å². The van der Waals surface area contributed by atoms with Crippen LogP contribution in [0.15, 0.2) is 66.9 Å². The summed E-state index contributed by atoms with van der Waals surface area (Å²) in [6.45, 7) is 0.338. The lowest BCUT2D eigenvalue weighted by atomic mass is 10.0. The van der Waals surface area contributed by atoms with E-state index in [1.165, 1.54) is 6.26 Å². The second kappa shape index (κ2) is 7.82. The minimum atomic E-state index is -0.565. The number of carbonyl (C=O) groups is 1. The third kappa shape index (κ3) is 3.82. The minimum Gasteiger partial charge on any atom is -0.497 e. The number of ether oxygens (including phenoxy) is 5. The Morgan fingerprint density at radius 2 is 1.85 bits per heavy atom. The smallest absolute Gasteiger partial charge is 0.338 e. The Morgan fingerprint density at radius 1 is 1.07 bits per heavy atom. The number of fused-ring (bicyclic) bond motifs is 1. The van der Waals surface area contributed by atoms with Crippen molar-refractivity contribution in [2.75, 3.05) is 13.7 Å². The molecule has 0 radical (unpaired) electrons. The molecule has 2 aromatic carbocycles. The van der Waals surface area contributed by atoms with E-state index in [0.29, 0.717) is 12.2 Å². The summed E-state index contributed by atoms with van der Waals surface area (Å²) in [5.74, 6) is 0.355. The first-order chi connectivity index (χ1) is 13.2. The van der Waals surface area contributed by atoms with E-state index >= 15 is 0 Å². The Bertz CT molecular complexity index is 801. The molecule has 4 rings (SSSR count). The molecule has 1 fully saturated rings. The predicted octanol–water partition coefficient (Wildman–Crippen LogP) is 3.25. The zero-order valence-corrected chi connectivity index (χ0v) is 14.8. The Kier molecular flexibility index (Phi) is 5.09. The van der Waals surface area contributed by atoms with Crippen molar-refractivity contribution in [3.63, 3.8) is 0 Å². The number of carbonyl (C=O) groups excluding carboxylic acids is 1. The van der Waals surface area contributed by atoms with Crippen LogP contribution in [-0.4, -0.2) is 38.0 Å². The van der Waals surface area contributed by atoms with Crippen LogP contribution in [0.5, 0.6) is 5.75 Å². The van der Waals surface area contributed by atoms with E-state index in [2.05, 4.69) is 0 Å². The van der Waals surface area contributed by atoms with Gasteiger partial charge in [0, 0.05) is 5.56 Å². The van der Waals surface area contributed by atoms with Gasteiger partial charge in [0.05, 0.1) is 25.5 Å². The number of hydrogen-bond acceptors (Lipinski definition) is 6. The fourth-order valence-corrected chi connectivity index (χ4v) is 3.09. The molecule has 2 aliphatic rings. The van der Waals surface area contributed by atoms with Gasteiger partial charge in [-0.15, -0.1) is 0 Å². The molecule has 0 bridgehead atoms. The van der Waals surface area contributed by atoms with Crippen molar-refractivity contribution in [2.45, 2.75) is 24.6 Å². The minimum absolute atomic E-state index is 0.335. The maximum atomic E-state index is 12.4. The van der Waals surface area contributed by atoms with Gasteiger partial charge in [-0.05, 0) is 30.3 Å². The summed E-state index contributed by atoms with van der Waals surface area (Å²) in [4.78, 5) is 12.4. The van der Waals surface area contributed by atoms with E-state index in [1.54, 1.807) is 37.5 Å². The maximum Gasteiger partial charge on any atom is 0.338 e. The van der Waals surface area contributed by atoms with Gasteiger partial charge < -0.3 is 23.7 Å². The third-order valence-electron chi connectivity index (χ3n) is 4.55. The molecule has 4 atom stereocenters. The third-order valence-corrected chi connectivity index (χ3v) is 4.55. The van der Waals surface area contributed by atoms with Gasteiger partial charge in [-0.1, -0.05) is 30.3 Å². The number of esters is 1. The molecule has 0 unspecified atom stereocenters. The molecular weight excluding hydrogens is 348 g/mol. The number of benzene rings is 2. The monoisotopic (exact) mass is 368 g/mol. The first-order valence-electron chi connectivity index (χ1n) is 8.74. The van der Waals surface area contributed by atoms with Crippen molar-refractivity contribution < 1.29 is 28.5 Å². The van der Waals surface area contributed by atoms with Crippen LogP contribution in [0.25, 0.3) is 0 Å². The molecule has 140 valence electrons. The summed E-state index contributed by atoms with van der Waals surface area (Å²) >= 11 is 0. The molecule has 1 saturated heterocycles. The largest absolute Gasteiger partial charge is 0.497 e. The van der Waals surface area contributed by atoms with Crippen molar-refractivity contribution in [1.82, 2.24) is 0 Å². The first kappa shape index (κ1) is 17.6. The van der Waals surface area contributed by atoms with Crippen LogP contribution in [0.2, 0.25) is 0 Å². The highest BCUT2D eigenvalue weighted by Gasteiger charge is 2.42. The van der Waals surface area contributed by atoms with Crippen molar-refractivity contribution in [2.24, 2.45) is 0 Å². The van der Waals surface area contributed by atoms with Gasteiger partial charge in [-0.2, -0.15) is 0 Å². The van der Waals surface area contributed by atoms with Gasteiger partial charge >= 0.3 is 5.97 Å². The zero-order valence-electron chi connectivity index (χ0n) is 14.8. The van der Waals surface area contributed by atoms with Crippen LogP contribution in [0.1, 0.15) is 22.2 Å². The molecule has 6 nitrogen and oxygen atoms in total. The Labute approximate surface area is 157 Å². The van der Waals surface area contributed by atoms with Gasteiger partial charge in [0.25, 0.3) is 0 Å². The maximum absolute atomic E-state index is 12.4. The molecule has 2 heterocycles. The molecule has 0 spiro atoms.